The molecule has 1 aromatic heterocycles. The maximum Gasteiger partial charge on any atom is 0.136 e. The maximum atomic E-state index is 6.72. The third kappa shape index (κ3) is 5.47. The highest BCUT2D eigenvalue weighted by atomic mass is 16.3. The van der Waals surface area contributed by atoms with E-state index in [1.165, 1.54) is 100.0 Å². The molecule has 0 N–H and O–H groups in total. The van der Waals surface area contributed by atoms with Gasteiger partial charge in [-0.15, -0.1) is 0 Å². The van der Waals surface area contributed by atoms with Crippen LogP contribution in [0.2, 0.25) is 0 Å². The van der Waals surface area contributed by atoms with Gasteiger partial charge in [0.2, 0.25) is 0 Å². The van der Waals surface area contributed by atoms with Crippen molar-refractivity contribution in [3.05, 3.63) is 239 Å². The molecule has 2 aliphatic rings. The molecule has 0 radical (unpaired) electrons. The van der Waals surface area contributed by atoms with Crippen LogP contribution >= 0.6 is 0 Å². The summed E-state index contributed by atoms with van der Waals surface area (Å²) in [5.41, 5.74) is 23.5. The second kappa shape index (κ2) is 13.6. The van der Waals surface area contributed by atoms with Crippen molar-refractivity contribution in [2.75, 3.05) is 0 Å². The molecule has 0 fully saturated rings. The second-order valence-electron chi connectivity index (χ2n) is 18.4. The van der Waals surface area contributed by atoms with Crippen LogP contribution < -0.4 is 0 Å². The van der Waals surface area contributed by atoms with Crippen molar-refractivity contribution in [3.8, 4) is 55.6 Å². The average Bonchev–Trinajstić information content (AvgIpc) is 3.88. The molecule has 1 heterocycles. The van der Waals surface area contributed by atoms with E-state index in [2.05, 4.69) is 228 Å². The van der Waals surface area contributed by atoms with E-state index < -0.39 is 0 Å². The summed E-state index contributed by atoms with van der Waals surface area (Å²) < 4.78 is 6.72. The van der Waals surface area contributed by atoms with Gasteiger partial charge in [-0.3, -0.25) is 0 Å². The molecule has 0 bridgehead atoms. The van der Waals surface area contributed by atoms with Gasteiger partial charge in [0.05, 0.1) is 0 Å². The maximum absolute atomic E-state index is 6.72. The van der Waals surface area contributed by atoms with Gasteiger partial charge in [0.15, 0.2) is 0 Å². The molecule has 1 heteroatoms. The molecule has 12 rings (SSSR count). The van der Waals surface area contributed by atoms with Crippen molar-refractivity contribution in [2.24, 2.45) is 0 Å². The fourth-order valence-corrected chi connectivity index (χ4v) is 11.0. The first-order valence-corrected chi connectivity index (χ1v) is 21.9. The Labute approximate surface area is 364 Å². The Morgan fingerprint density at radius 1 is 0.339 bits per heavy atom. The molecule has 0 aliphatic heterocycles. The predicted molar refractivity (Wildman–Crippen MR) is 259 cm³/mol. The summed E-state index contributed by atoms with van der Waals surface area (Å²) in [4.78, 5) is 0. The van der Waals surface area contributed by atoms with E-state index in [1.807, 2.05) is 0 Å². The Morgan fingerprint density at radius 3 is 1.50 bits per heavy atom. The second-order valence-corrected chi connectivity index (χ2v) is 18.4. The zero-order valence-electron chi connectivity index (χ0n) is 35.5. The minimum Gasteiger partial charge on any atom is -0.456 e. The summed E-state index contributed by atoms with van der Waals surface area (Å²) in [5.74, 6) is 0.0275. The Balaban J connectivity index is 1.05. The molecule has 1 nitrogen and oxygen atoms in total. The number of rotatable bonds is 6. The van der Waals surface area contributed by atoms with E-state index in [1.54, 1.807) is 0 Å². The summed E-state index contributed by atoms with van der Waals surface area (Å²) in [5, 5.41) is 2.33. The minimum atomic E-state index is -0.282. The monoisotopic (exact) mass is 794 g/mol. The quantitative estimate of drug-likeness (QED) is 0.153. The largest absolute Gasteiger partial charge is 0.456 e. The van der Waals surface area contributed by atoms with Gasteiger partial charge in [-0.1, -0.05) is 216 Å². The first-order valence-electron chi connectivity index (χ1n) is 21.9. The molecule has 0 saturated carbocycles. The SMILES string of the molecule is CC1(C)c2ccccc2-c2ccc(C(c3ccc(-c4ccccc4)cc3)c3ccc4c(c3)C(C)(C)c3cc5oc6ccccc6c5c(-c5ccc(-c6ccccc6)cc5)c3-4)cc21. The van der Waals surface area contributed by atoms with Crippen LogP contribution in [0.5, 0.6) is 0 Å². The fourth-order valence-electron chi connectivity index (χ4n) is 11.0. The van der Waals surface area contributed by atoms with Crippen molar-refractivity contribution >= 4 is 21.9 Å². The number of benzene rings is 9. The molecule has 0 spiro atoms. The van der Waals surface area contributed by atoms with Crippen LogP contribution in [0.4, 0.5) is 0 Å². The molecule has 62 heavy (non-hydrogen) atoms. The van der Waals surface area contributed by atoms with Gasteiger partial charge in [-0.25, -0.2) is 0 Å². The molecule has 1 atom stereocenters. The zero-order valence-corrected chi connectivity index (χ0v) is 35.5. The van der Waals surface area contributed by atoms with Gasteiger partial charge >= 0.3 is 0 Å². The lowest BCUT2D eigenvalue weighted by molar-refractivity contribution is 0.646. The van der Waals surface area contributed by atoms with Crippen LogP contribution in [0, 0.1) is 0 Å². The smallest absolute Gasteiger partial charge is 0.136 e. The summed E-state index contributed by atoms with van der Waals surface area (Å²) in [6.45, 7) is 9.56. The lowest BCUT2D eigenvalue weighted by Crippen LogP contribution is -2.17. The Morgan fingerprint density at radius 2 is 0.823 bits per heavy atom. The first kappa shape index (κ1) is 36.6. The van der Waals surface area contributed by atoms with Gasteiger partial charge in [0, 0.05) is 33.1 Å². The number of fused-ring (bicyclic) bond motifs is 9. The fraction of sp³-hybridized carbons (Fsp3) is 0.115. The summed E-state index contributed by atoms with van der Waals surface area (Å²) >= 11 is 0. The van der Waals surface area contributed by atoms with E-state index in [9.17, 15) is 0 Å². The van der Waals surface area contributed by atoms with E-state index in [0.717, 1.165) is 16.6 Å². The van der Waals surface area contributed by atoms with Crippen molar-refractivity contribution in [1.82, 2.24) is 0 Å². The average molecular weight is 795 g/mol. The molecule has 0 saturated heterocycles. The Bertz CT molecular complexity index is 3360. The number of para-hydroxylation sites is 1. The van der Waals surface area contributed by atoms with Crippen LogP contribution in [0.15, 0.2) is 205 Å². The topological polar surface area (TPSA) is 13.1 Å². The van der Waals surface area contributed by atoms with Gasteiger partial charge in [0.25, 0.3) is 0 Å². The van der Waals surface area contributed by atoms with E-state index in [4.69, 9.17) is 4.42 Å². The van der Waals surface area contributed by atoms with Crippen molar-refractivity contribution in [3.63, 3.8) is 0 Å². The van der Waals surface area contributed by atoms with Gasteiger partial charge in [0.1, 0.15) is 11.2 Å². The highest BCUT2D eigenvalue weighted by molar-refractivity contribution is 6.17. The lowest BCUT2D eigenvalue weighted by Gasteiger charge is -2.26. The van der Waals surface area contributed by atoms with Gasteiger partial charge in [-0.2, -0.15) is 0 Å². The Kier molecular flexibility index (Phi) is 8.06. The van der Waals surface area contributed by atoms with Crippen LogP contribution in [0.1, 0.15) is 72.6 Å². The molecule has 9 aromatic carbocycles. The third-order valence-corrected chi connectivity index (χ3v) is 14.2. The molecular formula is C61H46O. The molecule has 0 amide bonds. The third-order valence-electron chi connectivity index (χ3n) is 14.2. The van der Waals surface area contributed by atoms with E-state index in [-0.39, 0.29) is 16.7 Å². The normalized spacial score (nSPS) is 14.6. The molecule has 296 valence electrons. The number of hydrogen-bond acceptors (Lipinski definition) is 1. The number of hydrogen-bond donors (Lipinski definition) is 0. The highest BCUT2D eigenvalue weighted by Gasteiger charge is 2.40. The van der Waals surface area contributed by atoms with Crippen LogP contribution in [-0.4, -0.2) is 0 Å². The molecular weight excluding hydrogens is 749 g/mol. The Hall–Kier alpha value is -7.22. The first-order chi connectivity index (χ1) is 30.3. The van der Waals surface area contributed by atoms with Gasteiger partial charge < -0.3 is 4.42 Å². The lowest BCUT2D eigenvalue weighted by atomic mass is 9.77. The summed E-state index contributed by atoms with van der Waals surface area (Å²) in [6.07, 6.45) is 0. The summed E-state index contributed by atoms with van der Waals surface area (Å²) in [7, 11) is 0. The van der Waals surface area contributed by atoms with Gasteiger partial charge in [-0.05, 0) is 101 Å². The highest BCUT2D eigenvalue weighted by Crippen LogP contribution is 2.57. The standard InChI is InChI=1S/C61H46O/c1-60(2)50-21-13-11-19-46(50)47-33-31-44(35-51(47)60)56(42-27-23-40(24-28-42)38-15-7-5-8-16-38)45-32-34-48-52(36-45)61(3,4)53-37-55-59(49-20-12-14-22-54(49)62-55)57(58(48)53)43-29-25-41(26-30-43)39-17-9-6-10-18-39/h5-37,56H,1-4H3. The summed E-state index contributed by atoms with van der Waals surface area (Å²) in [6, 6.07) is 74.2. The van der Waals surface area contributed by atoms with Crippen molar-refractivity contribution < 1.29 is 4.42 Å². The van der Waals surface area contributed by atoms with E-state index >= 15 is 0 Å². The zero-order chi connectivity index (χ0) is 41.7. The van der Waals surface area contributed by atoms with Crippen molar-refractivity contribution in [1.29, 1.82) is 0 Å². The molecule has 10 aromatic rings. The minimum absolute atomic E-state index is 0.0275. The predicted octanol–water partition coefficient (Wildman–Crippen LogP) is 16.4. The van der Waals surface area contributed by atoms with Crippen molar-refractivity contribution in [2.45, 2.75) is 44.4 Å². The molecule has 1 unspecified atom stereocenters. The van der Waals surface area contributed by atoms with Crippen LogP contribution in [-0.2, 0) is 10.8 Å². The van der Waals surface area contributed by atoms with Crippen LogP contribution in [0.3, 0.4) is 0 Å². The van der Waals surface area contributed by atoms with E-state index in [0.29, 0.717) is 0 Å². The number of furan rings is 1. The molecule has 2 aliphatic carbocycles. The van der Waals surface area contributed by atoms with Crippen LogP contribution in [0.25, 0.3) is 77.6 Å².